The zero-order chi connectivity index (χ0) is 7.44. The molecule has 2 unspecified atom stereocenters. The first-order valence-electron chi connectivity index (χ1n) is 2.69. The van der Waals surface area contributed by atoms with Gasteiger partial charge in [0.05, 0.1) is 9.84 Å². The molecule has 0 aromatic heterocycles. The van der Waals surface area contributed by atoms with Crippen LogP contribution in [0.4, 0.5) is 0 Å². The van der Waals surface area contributed by atoms with Crippen LogP contribution in [-0.2, 0) is 0 Å². The van der Waals surface area contributed by atoms with Crippen molar-refractivity contribution in [3.8, 4) is 0 Å². The average molecular weight is 325 g/mol. The molecular formula is C5H9Br3O. The molecule has 0 fully saturated rings. The Kier molecular flexibility index (Phi) is 5.90. The molecule has 0 saturated heterocycles. The molecule has 1 N–H and O–H groups in total. The summed E-state index contributed by atoms with van der Waals surface area (Å²) in [6.07, 6.45) is 0.560. The third kappa shape index (κ3) is 3.96. The number of halogens is 3. The smallest absolute Gasteiger partial charge is 0.0967 e. The van der Waals surface area contributed by atoms with E-state index in [1.165, 1.54) is 0 Å². The van der Waals surface area contributed by atoms with Crippen LogP contribution in [0, 0.1) is 0 Å². The minimum absolute atomic E-state index is 0.0191. The zero-order valence-electron chi connectivity index (χ0n) is 5.02. The van der Waals surface area contributed by atoms with Crippen LogP contribution in [-0.4, -0.2) is 19.8 Å². The topological polar surface area (TPSA) is 20.2 Å². The van der Waals surface area contributed by atoms with Crippen molar-refractivity contribution in [1.29, 1.82) is 0 Å². The number of hydrogen-bond donors (Lipinski definition) is 1. The van der Waals surface area contributed by atoms with E-state index in [2.05, 4.69) is 47.8 Å². The SMILES string of the molecule is CCC(Br)C(O)C(Br)Br. The highest BCUT2D eigenvalue weighted by molar-refractivity contribution is 9.24. The highest BCUT2D eigenvalue weighted by Gasteiger charge is 2.19. The molecule has 4 heteroatoms. The van der Waals surface area contributed by atoms with E-state index in [0.29, 0.717) is 0 Å². The van der Waals surface area contributed by atoms with Gasteiger partial charge in [0.1, 0.15) is 0 Å². The van der Waals surface area contributed by atoms with Crippen molar-refractivity contribution in [2.45, 2.75) is 28.0 Å². The van der Waals surface area contributed by atoms with Gasteiger partial charge in [0.15, 0.2) is 0 Å². The van der Waals surface area contributed by atoms with Crippen molar-refractivity contribution >= 4 is 47.8 Å². The Morgan fingerprint density at radius 3 is 1.89 bits per heavy atom. The number of aliphatic hydroxyl groups is 1. The quantitative estimate of drug-likeness (QED) is 0.791. The first-order chi connectivity index (χ1) is 4.09. The molecule has 1 nitrogen and oxygen atoms in total. The van der Waals surface area contributed by atoms with E-state index < -0.39 is 0 Å². The van der Waals surface area contributed by atoms with Crippen LogP contribution in [0.25, 0.3) is 0 Å². The van der Waals surface area contributed by atoms with Crippen LogP contribution in [0.2, 0.25) is 0 Å². The molecule has 9 heavy (non-hydrogen) atoms. The largest absolute Gasteiger partial charge is 0.390 e. The molecule has 0 amide bonds. The molecule has 0 rings (SSSR count). The lowest BCUT2D eigenvalue weighted by atomic mass is 10.2. The molecule has 0 saturated carbocycles. The van der Waals surface area contributed by atoms with E-state index in [9.17, 15) is 5.11 Å². The van der Waals surface area contributed by atoms with E-state index >= 15 is 0 Å². The first-order valence-corrected chi connectivity index (χ1v) is 5.44. The lowest BCUT2D eigenvalue weighted by Gasteiger charge is -2.16. The van der Waals surface area contributed by atoms with E-state index in [4.69, 9.17) is 0 Å². The molecule has 0 aliphatic rings. The van der Waals surface area contributed by atoms with Crippen molar-refractivity contribution in [2.24, 2.45) is 0 Å². The molecule has 0 aromatic carbocycles. The van der Waals surface area contributed by atoms with Gasteiger partial charge in [0.2, 0.25) is 0 Å². The predicted octanol–water partition coefficient (Wildman–Crippen LogP) is 2.64. The highest BCUT2D eigenvalue weighted by Crippen LogP contribution is 2.21. The first kappa shape index (κ1) is 10.4. The third-order valence-corrected chi connectivity index (χ3v) is 3.29. The van der Waals surface area contributed by atoms with Crippen LogP contribution < -0.4 is 0 Å². The van der Waals surface area contributed by atoms with E-state index in [-0.39, 0.29) is 14.7 Å². The van der Waals surface area contributed by atoms with Gasteiger partial charge in [0.25, 0.3) is 0 Å². The highest BCUT2D eigenvalue weighted by atomic mass is 79.9. The van der Waals surface area contributed by atoms with E-state index in [1.54, 1.807) is 0 Å². The van der Waals surface area contributed by atoms with Gasteiger partial charge in [-0.3, -0.25) is 0 Å². The summed E-state index contributed by atoms with van der Waals surface area (Å²) in [7, 11) is 0. The number of aliphatic hydroxyl groups excluding tert-OH is 1. The lowest BCUT2D eigenvalue weighted by molar-refractivity contribution is 0.191. The summed E-state index contributed by atoms with van der Waals surface area (Å²) in [5, 5.41) is 9.25. The van der Waals surface area contributed by atoms with Gasteiger partial charge in [-0.2, -0.15) is 0 Å². The van der Waals surface area contributed by atoms with Crippen LogP contribution in [0.5, 0.6) is 0 Å². The second kappa shape index (κ2) is 5.10. The number of hydrogen-bond acceptors (Lipinski definition) is 1. The Morgan fingerprint density at radius 2 is 1.78 bits per heavy atom. The Bertz CT molecular complexity index is 76.6. The molecule has 0 bridgehead atoms. The van der Waals surface area contributed by atoms with E-state index in [1.807, 2.05) is 6.92 Å². The molecule has 0 heterocycles. The molecule has 0 aliphatic heterocycles. The Hall–Kier alpha value is 1.40. The van der Waals surface area contributed by atoms with Crippen LogP contribution in [0.15, 0.2) is 0 Å². The lowest BCUT2D eigenvalue weighted by Crippen LogP contribution is -2.25. The molecule has 0 aliphatic carbocycles. The van der Waals surface area contributed by atoms with Crippen LogP contribution in [0.1, 0.15) is 13.3 Å². The van der Waals surface area contributed by atoms with Crippen molar-refractivity contribution in [3.63, 3.8) is 0 Å². The van der Waals surface area contributed by atoms with Crippen molar-refractivity contribution in [1.82, 2.24) is 0 Å². The maximum absolute atomic E-state index is 9.25. The summed E-state index contributed by atoms with van der Waals surface area (Å²) in [5.41, 5.74) is 0. The summed E-state index contributed by atoms with van der Waals surface area (Å²) in [6.45, 7) is 2.02. The zero-order valence-corrected chi connectivity index (χ0v) is 9.78. The molecule has 2 atom stereocenters. The molecule has 0 spiro atoms. The summed E-state index contributed by atoms with van der Waals surface area (Å²) in [5.74, 6) is 0. The minimum atomic E-state index is -0.366. The summed E-state index contributed by atoms with van der Waals surface area (Å²) in [4.78, 5) is 0.168. The summed E-state index contributed by atoms with van der Waals surface area (Å²) in [6, 6.07) is 0. The predicted molar refractivity (Wildman–Crippen MR) is 50.7 cm³/mol. The standard InChI is InChI=1S/C5H9Br3O/c1-2-3(6)4(9)5(7)8/h3-5,9H,2H2,1H3. The van der Waals surface area contributed by atoms with Gasteiger partial charge in [0, 0.05) is 4.83 Å². The average Bonchev–Trinajstić information content (AvgIpc) is 1.84. The van der Waals surface area contributed by atoms with Crippen molar-refractivity contribution < 1.29 is 5.11 Å². The maximum Gasteiger partial charge on any atom is 0.0967 e. The third-order valence-electron chi connectivity index (χ3n) is 1.02. The number of rotatable bonds is 3. The van der Waals surface area contributed by atoms with Crippen molar-refractivity contribution in [3.05, 3.63) is 0 Å². The minimum Gasteiger partial charge on any atom is -0.390 e. The van der Waals surface area contributed by atoms with Gasteiger partial charge in [-0.1, -0.05) is 54.7 Å². The molecule has 56 valence electrons. The fourth-order valence-electron chi connectivity index (χ4n) is 0.399. The summed E-state index contributed by atoms with van der Waals surface area (Å²) < 4.78 is -0.0191. The summed E-state index contributed by atoms with van der Waals surface area (Å²) >= 11 is 9.77. The van der Waals surface area contributed by atoms with Gasteiger partial charge in [-0.25, -0.2) is 0 Å². The van der Waals surface area contributed by atoms with Crippen LogP contribution >= 0.6 is 47.8 Å². The Labute approximate surface area is 80.6 Å². The monoisotopic (exact) mass is 322 g/mol. The molecule has 0 radical (unpaired) electrons. The second-order valence-electron chi connectivity index (χ2n) is 1.75. The fourth-order valence-corrected chi connectivity index (χ4v) is 2.26. The van der Waals surface area contributed by atoms with Gasteiger partial charge in [-0.05, 0) is 6.42 Å². The molecule has 0 aromatic rings. The fraction of sp³-hybridized carbons (Fsp3) is 1.00. The van der Waals surface area contributed by atoms with Gasteiger partial charge < -0.3 is 5.11 Å². The van der Waals surface area contributed by atoms with Crippen LogP contribution in [0.3, 0.4) is 0 Å². The van der Waals surface area contributed by atoms with Crippen molar-refractivity contribution in [2.75, 3.05) is 0 Å². The second-order valence-corrected chi connectivity index (χ2v) is 6.13. The number of alkyl halides is 3. The molecular weight excluding hydrogens is 316 g/mol. The van der Waals surface area contributed by atoms with Gasteiger partial charge in [-0.15, -0.1) is 0 Å². The van der Waals surface area contributed by atoms with Gasteiger partial charge >= 0.3 is 0 Å². The normalized spacial score (nSPS) is 18.0. The Balaban J connectivity index is 3.58. The Morgan fingerprint density at radius 1 is 1.33 bits per heavy atom. The maximum atomic E-state index is 9.25. The van der Waals surface area contributed by atoms with E-state index in [0.717, 1.165) is 6.42 Å².